The number of rotatable bonds is 0. The highest BCUT2D eigenvalue weighted by Crippen LogP contribution is 2.34. The molecule has 72 valence electrons. The van der Waals surface area contributed by atoms with Gasteiger partial charge >= 0.3 is 0 Å². The molecule has 2 nitrogen and oxygen atoms in total. The van der Waals surface area contributed by atoms with E-state index >= 15 is 0 Å². The van der Waals surface area contributed by atoms with Crippen LogP contribution in [0.1, 0.15) is 11.1 Å². The van der Waals surface area contributed by atoms with Gasteiger partial charge in [0.1, 0.15) is 5.52 Å². The van der Waals surface area contributed by atoms with E-state index in [1.54, 1.807) is 0 Å². The Labute approximate surface area is 86.7 Å². The molecule has 4 rings (SSSR count). The molecule has 2 aromatic carbocycles. The summed E-state index contributed by atoms with van der Waals surface area (Å²) >= 11 is 0. The van der Waals surface area contributed by atoms with E-state index in [0.717, 1.165) is 12.0 Å². The van der Waals surface area contributed by atoms with Gasteiger partial charge in [0.25, 0.3) is 0 Å². The van der Waals surface area contributed by atoms with E-state index in [4.69, 9.17) is 4.52 Å². The first kappa shape index (κ1) is 7.35. The van der Waals surface area contributed by atoms with Crippen LogP contribution in [0.4, 0.5) is 0 Å². The Balaban J connectivity index is 2.14. The molecular weight excluding hydrogens is 186 g/mol. The minimum atomic E-state index is 1.00. The maximum atomic E-state index is 5.63. The Morgan fingerprint density at radius 2 is 1.80 bits per heavy atom. The van der Waals surface area contributed by atoms with Crippen molar-refractivity contribution in [2.45, 2.75) is 6.42 Å². The number of para-hydroxylation sites is 2. The van der Waals surface area contributed by atoms with Crippen LogP contribution in [0.3, 0.4) is 0 Å². The fraction of sp³-hybridized carbons (Fsp3) is 0.0769. The number of hydrogen-bond donors (Lipinski definition) is 0. The minimum Gasteiger partial charge on any atom is -0.372 e. The summed E-state index contributed by atoms with van der Waals surface area (Å²) in [5, 5.41) is 0. The standard InChI is InChI=1S/C13H9NO/c1-2-6-11-9(4-1)8-10-5-3-7-12-13(10)14(11)15-12/h1-7H,8H2. The lowest BCUT2D eigenvalue weighted by Crippen LogP contribution is -2.12. The third-order valence-corrected chi connectivity index (χ3v) is 3.07. The molecule has 0 saturated carbocycles. The van der Waals surface area contributed by atoms with E-state index in [9.17, 15) is 0 Å². The van der Waals surface area contributed by atoms with Crippen molar-refractivity contribution in [1.29, 1.82) is 0 Å². The third kappa shape index (κ3) is 0.796. The average Bonchev–Trinajstić information content (AvgIpc) is 2.24. The fourth-order valence-corrected chi connectivity index (χ4v) is 2.35. The summed E-state index contributed by atoms with van der Waals surface area (Å²) in [6, 6.07) is 14.6. The fourth-order valence-electron chi connectivity index (χ4n) is 2.35. The van der Waals surface area contributed by atoms with E-state index in [-0.39, 0.29) is 0 Å². The van der Waals surface area contributed by atoms with E-state index in [1.807, 2.05) is 16.9 Å². The van der Waals surface area contributed by atoms with E-state index < -0.39 is 0 Å². The van der Waals surface area contributed by atoms with Crippen LogP contribution in [0.5, 0.6) is 0 Å². The number of aromatic nitrogens is 1. The number of fused-ring (bicyclic) bond motifs is 2. The molecule has 1 aromatic heterocycles. The Morgan fingerprint density at radius 3 is 2.80 bits per heavy atom. The van der Waals surface area contributed by atoms with Gasteiger partial charge < -0.3 is 4.52 Å². The van der Waals surface area contributed by atoms with Gasteiger partial charge in [0.05, 0.1) is 5.69 Å². The van der Waals surface area contributed by atoms with Crippen LogP contribution in [0.15, 0.2) is 47.0 Å². The van der Waals surface area contributed by atoms with Crippen LogP contribution in [0.25, 0.3) is 16.8 Å². The van der Waals surface area contributed by atoms with Crippen LogP contribution >= 0.6 is 0 Å². The molecule has 2 heteroatoms. The highest BCUT2D eigenvalue weighted by Gasteiger charge is 2.21. The predicted octanol–water partition coefficient (Wildman–Crippen LogP) is 3.13. The molecule has 3 aromatic rings. The Bertz CT molecular complexity index is 660. The normalized spacial score (nSPS) is 13.1. The van der Waals surface area contributed by atoms with Crippen molar-refractivity contribution in [3.05, 3.63) is 53.6 Å². The molecule has 1 aliphatic rings. The van der Waals surface area contributed by atoms with Gasteiger partial charge in [-0.05, 0) is 23.3 Å². The molecule has 0 unspecified atom stereocenters. The first-order valence-electron chi connectivity index (χ1n) is 5.11. The second kappa shape index (κ2) is 2.34. The third-order valence-electron chi connectivity index (χ3n) is 3.07. The smallest absolute Gasteiger partial charge is 0.183 e. The molecule has 0 bridgehead atoms. The first-order chi connectivity index (χ1) is 7.43. The summed E-state index contributed by atoms with van der Waals surface area (Å²) in [5.41, 5.74) is 6.13. The molecule has 15 heavy (non-hydrogen) atoms. The molecule has 0 radical (unpaired) electrons. The van der Waals surface area contributed by atoms with Gasteiger partial charge in [-0.2, -0.15) is 4.74 Å². The maximum Gasteiger partial charge on any atom is 0.183 e. The highest BCUT2D eigenvalue weighted by molar-refractivity contribution is 5.82. The Hall–Kier alpha value is -1.96. The van der Waals surface area contributed by atoms with Crippen molar-refractivity contribution in [3.63, 3.8) is 0 Å². The zero-order chi connectivity index (χ0) is 9.83. The van der Waals surface area contributed by atoms with Crippen molar-refractivity contribution < 1.29 is 4.52 Å². The minimum absolute atomic E-state index is 1.00. The summed E-state index contributed by atoms with van der Waals surface area (Å²) in [7, 11) is 0. The molecule has 1 aliphatic heterocycles. The van der Waals surface area contributed by atoms with E-state index in [2.05, 4.69) is 30.3 Å². The van der Waals surface area contributed by atoms with Crippen LogP contribution in [-0.2, 0) is 6.42 Å². The molecule has 0 spiro atoms. The number of nitrogens with zero attached hydrogens (tertiary/aromatic N) is 1. The molecular formula is C13H9NO. The summed E-state index contributed by atoms with van der Waals surface area (Å²) < 4.78 is 7.56. The van der Waals surface area contributed by atoms with Crippen molar-refractivity contribution in [1.82, 2.24) is 4.74 Å². The lowest BCUT2D eigenvalue weighted by molar-refractivity contribution is 0.342. The first-order valence-corrected chi connectivity index (χ1v) is 5.11. The van der Waals surface area contributed by atoms with Crippen LogP contribution in [0, 0.1) is 0 Å². The zero-order valence-corrected chi connectivity index (χ0v) is 8.10. The highest BCUT2D eigenvalue weighted by atomic mass is 16.5. The lowest BCUT2D eigenvalue weighted by atomic mass is 9.98. The van der Waals surface area contributed by atoms with Crippen LogP contribution in [-0.4, -0.2) is 4.74 Å². The van der Waals surface area contributed by atoms with Crippen molar-refractivity contribution in [2.75, 3.05) is 0 Å². The summed E-state index contributed by atoms with van der Waals surface area (Å²) in [6.45, 7) is 0. The van der Waals surface area contributed by atoms with E-state index in [1.165, 1.54) is 22.3 Å². The van der Waals surface area contributed by atoms with Crippen molar-refractivity contribution in [3.8, 4) is 5.69 Å². The molecule has 0 amide bonds. The quantitative estimate of drug-likeness (QED) is 0.421. The molecule has 0 atom stereocenters. The van der Waals surface area contributed by atoms with Crippen molar-refractivity contribution >= 4 is 11.1 Å². The predicted molar refractivity (Wildman–Crippen MR) is 58.3 cm³/mol. The van der Waals surface area contributed by atoms with Gasteiger partial charge in [0.2, 0.25) is 0 Å². The van der Waals surface area contributed by atoms with Crippen LogP contribution < -0.4 is 0 Å². The summed E-state index contributed by atoms with van der Waals surface area (Å²) in [5.74, 6) is 0. The van der Waals surface area contributed by atoms with Gasteiger partial charge in [-0.3, -0.25) is 0 Å². The Kier molecular flexibility index (Phi) is 1.15. The molecule has 0 fully saturated rings. The average molecular weight is 195 g/mol. The number of hydrogen-bond acceptors (Lipinski definition) is 1. The second-order valence-corrected chi connectivity index (χ2v) is 3.96. The van der Waals surface area contributed by atoms with Gasteiger partial charge in [-0.15, -0.1) is 0 Å². The largest absolute Gasteiger partial charge is 0.372 e. The summed E-state index contributed by atoms with van der Waals surface area (Å²) in [6.07, 6.45) is 1.01. The monoisotopic (exact) mass is 195 g/mol. The van der Waals surface area contributed by atoms with Gasteiger partial charge in [0.15, 0.2) is 5.58 Å². The SMILES string of the molecule is c1ccc2c(c1)Cc1cccc3on-2c13. The van der Waals surface area contributed by atoms with Gasteiger partial charge in [-0.25, -0.2) is 0 Å². The molecule has 0 saturated heterocycles. The lowest BCUT2D eigenvalue weighted by Gasteiger charge is -2.23. The summed E-state index contributed by atoms with van der Waals surface area (Å²) in [4.78, 5) is 0. The molecule has 2 heterocycles. The maximum absolute atomic E-state index is 5.63. The van der Waals surface area contributed by atoms with Crippen molar-refractivity contribution in [2.24, 2.45) is 0 Å². The zero-order valence-electron chi connectivity index (χ0n) is 8.10. The molecule has 0 aliphatic carbocycles. The number of benzene rings is 2. The van der Waals surface area contributed by atoms with Gasteiger partial charge in [-0.1, -0.05) is 30.3 Å². The second-order valence-electron chi connectivity index (χ2n) is 3.96. The van der Waals surface area contributed by atoms with E-state index in [0.29, 0.717) is 0 Å². The van der Waals surface area contributed by atoms with Crippen LogP contribution in [0.2, 0.25) is 0 Å². The molecule has 0 N–H and O–H groups in total. The Morgan fingerprint density at radius 1 is 0.933 bits per heavy atom. The topological polar surface area (TPSA) is 18.1 Å². The van der Waals surface area contributed by atoms with Gasteiger partial charge in [0, 0.05) is 6.42 Å².